The van der Waals surface area contributed by atoms with E-state index in [0.717, 1.165) is 5.56 Å². The first-order valence-corrected chi connectivity index (χ1v) is 8.73. The third kappa shape index (κ3) is 3.68. The van der Waals surface area contributed by atoms with Gasteiger partial charge in [-0.25, -0.2) is 9.37 Å². The van der Waals surface area contributed by atoms with Crippen LogP contribution in [0.1, 0.15) is 15.9 Å². The summed E-state index contributed by atoms with van der Waals surface area (Å²) in [5.41, 5.74) is 3.29. The van der Waals surface area contributed by atoms with E-state index < -0.39 is 10.8 Å². The van der Waals surface area contributed by atoms with E-state index >= 15 is 0 Å². The van der Waals surface area contributed by atoms with Crippen LogP contribution in [-0.2, 0) is 0 Å². The van der Waals surface area contributed by atoms with E-state index in [1.165, 1.54) is 24.3 Å². The van der Waals surface area contributed by atoms with Gasteiger partial charge in [0.1, 0.15) is 11.6 Å². The maximum atomic E-state index is 13.3. The fourth-order valence-corrected chi connectivity index (χ4v) is 3.00. The highest BCUT2D eigenvalue weighted by molar-refractivity contribution is 6.05. The van der Waals surface area contributed by atoms with Crippen LogP contribution in [0.5, 0.6) is 0 Å². The van der Waals surface area contributed by atoms with Gasteiger partial charge in [-0.1, -0.05) is 6.07 Å². The number of nitrogens with one attached hydrogen (secondary N) is 2. The molecule has 0 bridgehead atoms. The number of nitro benzene ring substituents is 1. The lowest BCUT2D eigenvalue weighted by molar-refractivity contribution is -0.384. The standard InChI is InChI=1S/C21H15FN4O3/c1-12-2-8-16(26(28)29)11-17(12)21(27)23-15-6-3-13(4-7-15)20-24-18-9-5-14(22)10-19(18)25-20/h2-11H,1H3,(H,23,27)(H,24,25). The van der Waals surface area contributed by atoms with Crippen LogP contribution in [0.25, 0.3) is 22.4 Å². The first kappa shape index (κ1) is 18.3. The van der Waals surface area contributed by atoms with Gasteiger partial charge in [0.2, 0.25) is 0 Å². The van der Waals surface area contributed by atoms with E-state index in [-0.39, 0.29) is 17.1 Å². The Kier molecular flexibility index (Phi) is 4.52. The monoisotopic (exact) mass is 390 g/mol. The number of anilines is 1. The lowest BCUT2D eigenvalue weighted by atomic mass is 10.1. The van der Waals surface area contributed by atoms with Crippen molar-refractivity contribution in [2.24, 2.45) is 0 Å². The minimum atomic E-state index is -0.537. The smallest absolute Gasteiger partial charge is 0.270 e. The first-order chi connectivity index (χ1) is 13.9. The lowest BCUT2D eigenvalue weighted by Gasteiger charge is -2.08. The second kappa shape index (κ2) is 7.16. The third-order valence-electron chi connectivity index (χ3n) is 4.54. The number of imidazole rings is 1. The molecular weight excluding hydrogens is 375 g/mol. The molecule has 0 unspecified atom stereocenters. The maximum Gasteiger partial charge on any atom is 0.270 e. The summed E-state index contributed by atoms with van der Waals surface area (Å²) in [7, 11) is 0. The molecule has 0 atom stereocenters. The molecule has 0 fully saturated rings. The average molecular weight is 390 g/mol. The maximum absolute atomic E-state index is 13.3. The quantitative estimate of drug-likeness (QED) is 0.385. The van der Waals surface area contributed by atoms with E-state index in [2.05, 4.69) is 15.3 Å². The molecule has 144 valence electrons. The summed E-state index contributed by atoms with van der Waals surface area (Å²) in [5, 5.41) is 13.7. The molecule has 3 aromatic carbocycles. The van der Waals surface area contributed by atoms with Gasteiger partial charge < -0.3 is 10.3 Å². The minimum Gasteiger partial charge on any atom is -0.338 e. The topological polar surface area (TPSA) is 101 Å². The molecule has 1 heterocycles. The zero-order valence-electron chi connectivity index (χ0n) is 15.3. The average Bonchev–Trinajstić information content (AvgIpc) is 3.11. The molecule has 0 aliphatic heterocycles. The molecule has 1 aromatic heterocycles. The molecule has 29 heavy (non-hydrogen) atoms. The van der Waals surface area contributed by atoms with Gasteiger partial charge in [0.05, 0.1) is 16.0 Å². The summed E-state index contributed by atoms with van der Waals surface area (Å²) in [6.07, 6.45) is 0. The van der Waals surface area contributed by atoms with Crippen LogP contribution < -0.4 is 5.32 Å². The van der Waals surface area contributed by atoms with Crippen molar-refractivity contribution in [3.05, 3.63) is 87.7 Å². The molecule has 4 rings (SSSR count). The number of nitro groups is 1. The van der Waals surface area contributed by atoms with Gasteiger partial charge in [-0.05, 0) is 55.0 Å². The lowest BCUT2D eigenvalue weighted by Crippen LogP contribution is -2.13. The zero-order chi connectivity index (χ0) is 20.5. The number of aromatic amines is 1. The van der Waals surface area contributed by atoms with Crippen LogP contribution in [0.3, 0.4) is 0 Å². The zero-order valence-corrected chi connectivity index (χ0v) is 15.3. The molecule has 0 saturated carbocycles. The Labute approximate surface area is 164 Å². The largest absolute Gasteiger partial charge is 0.338 e. The van der Waals surface area contributed by atoms with E-state index in [0.29, 0.717) is 28.1 Å². The molecule has 1 amide bonds. The highest BCUT2D eigenvalue weighted by Gasteiger charge is 2.15. The summed E-state index contributed by atoms with van der Waals surface area (Å²) in [6, 6.07) is 15.4. The van der Waals surface area contributed by atoms with Gasteiger partial charge in [0.15, 0.2) is 0 Å². The number of benzene rings is 3. The van der Waals surface area contributed by atoms with Gasteiger partial charge in [-0.2, -0.15) is 0 Å². The van der Waals surface area contributed by atoms with Gasteiger partial charge >= 0.3 is 0 Å². The number of carbonyl (C=O) groups is 1. The summed E-state index contributed by atoms with van der Waals surface area (Å²) in [6.45, 7) is 1.71. The summed E-state index contributed by atoms with van der Waals surface area (Å²) >= 11 is 0. The molecule has 8 heteroatoms. The van der Waals surface area contributed by atoms with Crippen LogP contribution in [0, 0.1) is 22.9 Å². The Bertz CT molecular complexity index is 1250. The van der Waals surface area contributed by atoms with Crippen LogP contribution in [0.15, 0.2) is 60.7 Å². The number of rotatable bonds is 4. The van der Waals surface area contributed by atoms with Crippen LogP contribution in [-0.4, -0.2) is 20.8 Å². The Balaban J connectivity index is 1.55. The molecule has 0 aliphatic carbocycles. The predicted octanol–water partition coefficient (Wildman–Crippen LogP) is 4.84. The van der Waals surface area contributed by atoms with Crippen molar-refractivity contribution in [3.63, 3.8) is 0 Å². The van der Waals surface area contributed by atoms with Crippen molar-refractivity contribution in [3.8, 4) is 11.4 Å². The van der Waals surface area contributed by atoms with Crippen molar-refractivity contribution in [1.82, 2.24) is 9.97 Å². The number of amides is 1. The molecular formula is C21H15FN4O3. The van der Waals surface area contributed by atoms with Gasteiger partial charge in [-0.15, -0.1) is 0 Å². The summed E-state index contributed by atoms with van der Waals surface area (Å²) in [5.74, 6) is -0.196. The Morgan fingerprint density at radius 1 is 1.10 bits per heavy atom. The number of hydrogen-bond donors (Lipinski definition) is 2. The number of halogens is 1. The highest BCUT2D eigenvalue weighted by atomic mass is 19.1. The van der Waals surface area contributed by atoms with E-state index in [9.17, 15) is 19.3 Å². The number of fused-ring (bicyclic) bond motifs is 1. The van der Waals surface area contributed by atoms with Gasteiger partial charge in [0, 0.05) is 28.9 Å². The van der Waals surface area contributed by atoms with Crippen LogP contribution in [0.4, 0.5) is 15.8 Å². The minimum absolute atomic E-state index is 0.141. The molecule has 0 radical (unpaired) electrons. The summed E-state index contributed by atoms with van der Waals surface area (Å²) < 4.78 is 13.3. The number of nitrogens with zero attached hydrogens (tertiary/aromatic N) is 2. The van der Waals surface area contributed by atoms with Crippen molar-refractivity contribution in [2.75, 3.05) is 5.32 Å². The molecule has 0 spiro atoms. The van der Waals surface area contributed by atoms with Crippen LogP contribution >= 0.6 is 0 Å². The molecule has 0 saturated heterocycles. The first-order valence-electron chi connectivity index (χ1n) is 8.73. The number of aromatic nitrogens is 2. The Morgan fingerprint density at radius 2 is 1.86 bits per heavy atom. The number of aryl methyl sites for hydroxylation is 1. The second-order valence-corrected chi connectivity index (χ2v) is 6.53. The van der Waals surface area contributed by atoms with E-state index in [1.54, 1.807) is 43.3 Å². The highest BCUT2D eigenvalue weighted by Crippen LogP contribution is 2.24. The second-order valence-electron chi connectivity index (χ2n) is 6.53. The molecule has 7 nitrogen and oxygen atoms in total. The number of H-pyrrole nitrogens is 1. The van der Waals surface area contributed by atoms with Crippen molar-refractivity contribution in [2.45, 2.75) is 6.92 Å². The summed E-state index contributed by atoms with van der Waals surface area (Å²) in [4.78, 5) is 30.4. The SMILES string of the molecule is Cc1ccc([N+](=O)[O-])cc1C(=O)Nc1ccc(-c2nc3ccc(F)cc3[nH]2)cc1. The molecule has 2 N–H and O–H groups in total. The third-order valence-corrected chi connectivity index (χ3v) is 4.54. The number of carbonyl (C=O) groups excluding carboxylic acids is 1. The fourth-order valence-electron chi connectivity index (χ4n) is 3.00. The van der Waals surface area contributed by atoms with E-state index in [4.69, 9.17) is 0 Å². The van der Waals surface area contributed by atoms with Gasteiger partial charge in [-0.3, -0.25) is 14.9 Å². The molecule has 0 aliphatic rings. The number of non-ortho nitro benzene ring substituents is 1. The van der Waals surface area contributed by atoms with Gasteiger partial charge in [0.25, 0.3) is 11.6 Å². The normalized spacial score (nSPS) is 10.8. The van der Waals surface area contributed by atoms with Crippen LogP contribution in [0.2, 0.25) is 0 Å². The van der Waals surface area contributed by atoms with Crippen molar-refractivity contribution < 1.29 is 14.1 Å². The van der Waals surface area contributed by atoms with Crippen molar-refractivity contribution >= 4 is 28.3 Å². The van der Waals surface area contributed by atoms with Crippen molar-refractivity contribution in [1.29, 1.82) is 0 Å². The Hall–Kier alpha value is -4.07. The van der Waals surface area contributed by atoms with E-state index in [1.807, 2.05) is 0 Å². The Morgan fingerprint density at radius 3 is 2.59 bits per heavy atom. The predicted molar refractivity (Wildman–Crippen MR) is 107 cm³/mol. The fraction of sp³-hybridized carbons (Fsp3) is 0.0476. The molecule has 4 aromatic rings. The number of hydrogen-bond acceptors (Lipinski definition) is 4.